The Balaban J connectivity index is 1.14. The lowest BCUT2D eigenvalue weighted by atomic mass is 9.99. The van der Waals surface area contributed by atoms with Gasteiger partial charge in [0, 0.05) is 37.7 Å². The molecule has 53 heavy (non-hydrogen) atoms. The van der Waals surface area contributed by atoms with Gasteiger partial charge in [0.2, 0.25) is 15.9 Å². The number of benzene rings is 4. The number of ether oxygens (including phenoxy) is 2. The van der Waals surface area contributed by atoms with Gasteiger partial charge in [-0.05, 0) is 60.6 Å². The molecule has 2 fully saturated rings. The maximum absolute atomic E-state index is 13.6. The van der Waals surface area contributed by atoms with Crippen LogP contribution < -0.4 is 10.0 Å². The van der Waals surface area contributed by atoms with Gasteiger partial charge >= 0.3 is 0 Å². The molecule has 1 saturated carbocycles. The summed E-state index contributed by atoms with van der Waals surface area (Å²) in [5, 5.41) is 12.5. The first-order chi connectivity index (χ1) is 25.7. The maximum atomic E-state index is 13.6. The second-order valence-electron chi connectivity index (χ2n) is 14.2. The standard InChI is InChI=1S/C43H51N3O6S/c1-3-25-46(37-11-7-8-12-37)29-38-27-41(35-19-17-34(30-47)18-20-35)52-43(51-38)36-21-15-33(16-22-36)28-44-42(48)40(26-32-9-5-4-6-10-32)45-53(49,50)39-23-13-31(2)14-24-39/h3-6,9-10,13-24,37-38,40-41,43,45,47H,1,7-8,11-12,25-30H2,2H3,(H,44,48)/t38-,40+,41+,43+/m0/s1. The molecule has 1 aliphatic heterocycles. The number of nitrogens with zero attached hydrogens (tertiary/aromatic N) is 1. The van der Waals surface area contributed by atoms with E-state index >= 15 is 0 Å². The molecule has 2 aliphatic rings. The van der Waals surface area contributed by atoms with E-state index in [1.54, 1.807) is 24.3 Å². The van der Waals surface area contributed by atoms with E-state index in [-0.39, 0.29) is 36.7 Å². The van der Waals surface area contributed by atoms with E-state index < -0.39 is 28.3 Å². The van der Waals surface area contributed by atoms with Crippen molar-refractivity contribution in [2.45, 2.75) is 94.1 Å². The maximum Gasteiger partial charge on any atom is 0.241 e. The van der Waals surface area contributed by atoms with Crippen molar-refractivity contribution in [2.24, 2.45) is 0 Å². The van der Waals surface area contributed by atoms with Crippen molar-refractivity contribution >= 4 is 15.9 Å². The number of hydrogen-bond acceptors (Lipinski definition) is 7. The molecule has 0 radical (unpaired) electrons. The monoisotopic (exact) mass is 737 g/mol. The molecular formula is C43H51N3O6S. The summed E-state index contributed by atoms with van der Waals surface area (Å²) in [4.78, 5) is 16.2. The summed E-state index contributed by atoms with van der Waals surface area (Å²) >= 11 is 0. The molecule has 280 valence electrons. The summed E-state index contributed by atoms with van der Waals surface area (Å²) < 4.78 is 42.5. The molecule has 6 rings (SSSR count). The van der Waals surface area contributed by atoms with Crippen LogP contribution in [0.5, 0.6) is 0 Å². The molecule has 1 aliphatic carbocycles. The largest absolute Gasteiger partial charge is 0.392 e. The van der Waals surface area contributed by atoms with Crippen molar-refractivity contribution in [3.63, 3.8) is 0 Å². The summed E-state index contributed by atoms with van der Waals surface area (Å²) in [5.74, 6) is -0.420. The number of aryl methyl sites for hydroxylation is 1. The summed E-state index contributed by atoms with van der Waals surface area (Å²) in [6.45, 7) is 7.70. The van der Waals surface area contributed by atoms with E-state index in [2.05, 4.69) is 21.5 Å². The molecule has 3 N–H and O–H groups in total. The van der Waals surface area contributed by atoms with Crippen molar-refractivity contribution in [3.8, 4) is 0 Å². The lowest BCUT2D eigenvalue weighted by Crippen LogP contribution is -2.47. The molecule has 9 nitrogen and oxygen atoms in total. The highest BCUT2D eigenvalue weighted by molar-refractivity contribution is 7.89. The molecule has 4 atom stereocenters. The third kappa shape index (κ3) is 10.5. The van der Waals surface area contributed by atoms with Crippen molar-refractivity contribution < 1.29 is 27.8 Å². The fourth-order valence-electron chi connectivity index (χ4n) is 7.22. The summed E-state index contributed by atoms with van der Waals surface area (Å²) in [7, 11) is -3.95. The normalized spacial score (nSPS) is 19.9. The molecule has 0 aromatic heterocycles. The average Bonchev–Trinajstić information content (AvgIpc) is 3.73. The van der Waals surface area contributed by atoms with Gasteiger partial charge in [0.25, 0.3) is 0 Å². The molecule has 0 unspecified atom stereocenters. The van der Waals surface area contributed by atoms with E-state index in [1.807, 2.05) is 91.9 Å². The highest BCUT2D eigenvalue weighted by atomic mass is 32.2. The number of amides is 1. The summed E-state index contributed by atoms with van der Waals surface area (Å²) in [5.41, 5.74) is 5.39. The predicted molar refractivity (Wildman–Crippen MR) is 206 cm³/mol. The topological polar surface area (TPSA) is 117 Å². The number of rotatable bonds is 16. The molecular weight excluding hydrogens is 687 g/mol. The Hall–Kier alpha value is -4.16. The van der Waals surface area contributed by atoms with E-state index in [4.69, 9.17) is 9.47 Å². The number of sulfonamides is 1. The fourth-order valence-corrected chi connectivity index (χ4v) is 8.41. The van der Waals surface area contributed by atoms with Crippen molar-refractivity contribution in [1.29, 1.82) is 0 Å². The Bertz CT molecular complexity index is 1880. The van der Waals surface area contributed by atoms with Gasteiger partial charge in [-0.15, -0.1) is 6.58 Å². The van der Waals surface area contributed by atoms with E-state index in [9.17, 15) is 18.3 Å². The predicted octanol–water partition coefficient (Wildman–Crippen LogP) is 6.67. The number of carbonyl (C=O) groups excluding carboxylic acids is 1. The second kappa shape index (κ2) is 18.2. The van der Waals surface area contributed by atoms with Gasteiger partial charge in [-0.2, -0.15) is 4.72 Å². The lowest BCUT2D eigenvalue weighted by molar-refractivity contribution is -0.253. The molecule has 1 heterocycles. The van der Waals surface area contributed by atoms with E-state index in [1.165, 1.54) is 25.7 Å². The summed E-state index contributed by atoms with van der Waals surface area (Å²) in [6.07, 6.45) is 6.90. The molecule has 10 heteroatoms. The summed E-state index contributed by atoms with van der Waals surface area (Å²) in [6, 6.07) is 31.1. The van der Waals surface area contributed by atoms with E-state index in [0.717, 1.165) is 46.5 Å². The third-order valence-electron chi connectivity index (χ3n) is 10.2. The van der Waals surface area contributed by atoms with Gasteiger partial charge in [0.1, 0.15) is 6.04 Å². The minimum Gasteiger partial charge on any atom is -0.392 e. The fraction of sp³-hybridized carbons (Fsp3) is 0.372. The van der Waals surface area contributed by atoms with Crippen molar-refractivity contribution in [1.82, 2.24) is 14.9 Å². The van der Waals surface area contributed by atoms with Crippen LogP contribution in [-0.4, -0.2) is 55.6 Å². The number of aliphatic hydroxyl groups excluding tert-OH is 1. The van der Waals surface area contributed by atoms with Crippen LogP contribution in [0.2, 0.25) is 0 Å². The molecule has 0 bridgehead atoms. The first kappa shape index (κ1) is 38.6. The first-order valence-corrected chi connectivity index (χ1v) is 20.0. The minimum absolute atomic E-state index is 0.0123. The zero-order chi connectivity index (χ0) is 37.2. The number of hydrogen-bond donors (Lipinski definition) is 3. The molecule has 1 amide bonds. The van der Waals surface area contributed by atoms with Crippen LogP contribution in [0, 0.1) is 6.92 Å². The zero-order valence-electron chi connectivity index (χ0n) is 30.4. The van der Waals surface area contributed by atoms with Crippen LogP contribution in [0.4, 0.5) is 0 Å². The van der Waals surface area contributed by atoms with Crippen molar-refractivity contribution in [3.05, 3.63) is 149 Å². The smallest absolute Gasteiger partial charge is 0.241 e. The zero-order valence-corrected chi connectivity index (χ0v) is 31.2. The van der Waals surface area contributed by atoms with Gasteiger partial charge < -0.3 is 19.9 Å². The van der Waals surface area contributed by atoms with Crippen LogP contribution >= 0.6 is 0 Å². The first-order valence-electron chi connectivity index (χ1n) is 18.6. The lowest BCUT2D eigenvalue weighted by Gasteiger charge is -2.39. The molecule has 0 spiro atoms. The number of carbonyl (C=O) groups is 1. The van der Waals surface area contributed by atoms with Gasteiger partial charge in [-0.25, -0.2) is 8.42 Å². The Morgan fingerprint density at radius 2 is 1.55 bits per heavy atom. The van der Waals surface area contributed by atoms with Gasteiger partial charge in [-0.1, -0.05) is 115 Å². The quantitative estimate of drug-likeness (QED) is 0.110. The molecule has 4 aromatic carbocycles. The Morgan fingerprint density at radius 1 is 0.887 bits per heavy atom. The van der Waals surface area contributed by atoms with Crippen molar-refractivity contribution in [2.75, 3.05) is 13.1 Å². The van der Waals surface area contributed by atoms with Gasteiger partial charge in [0.15, 0.2) is 6.29 Å². The highest BCUT2D eigenvalue weighted by Gasteiger charge is 2.35. The Labute approximate surface area is 314 Å². The minimum atomic E-state index is -3.95. The highest BCUT2D eigenvalue weighted by Crippen LogP contribution is 2.39. The average molecular weight is 738 g/mol. The van der Waals surface area contributed by atoms with Crippen LogP contribution in [0.1, 0.15) is 77.9 Å². The van der Waals surface area contributed by atoms with Crippen LogP contribution in [-0.2, 0) is 43.9 Å². The number of nitrogens with one attached hydrogen (secondary N) is 2. The Morgan fingerprint density at radius 3 is 2.21 bits per heavy atom. The van der Waals surface area contributed by atoms with Gasteiger partial charge in [-0.3, -0.25) is 9.69 Å². The SMILES string of the molecule is C=CCN(C[C@@H]1C[C@H](c2ccc(CO)cc2)O[C@H](c2ccc(CNC(=O)[C@@H](Cc3ccccc3)NS(=O)(=O)c3ccc(C)cc3)cc2)O1)C1CCCC1. The third-order valence-corrected chi connectivity index (χ3v) is 11.7. The van der Waals surface area contributed by atoms with E-state index in [0.29, 0.717) is 12.5 Å². The molecule has 1 saturated heterocycles. The molecule has 4 aromatic rings. The van der Waals surface area contributed by atoms with Crippen LogP contribution in [0.25, 0.3) is 0 Å². The van der Waals surface area contributed by atoms with Crippen LogP contribution in [0.3, 0.4) is 0 Å². The number of aliphatic hydroxyl groups is 1. The Kier molecular flexibility index (Phi) is 13.3. The van der Waals surface area contributed by atoms with Crippen LogP contribution in [0.15, 0.2) is 121 Å². The second-order valence-corrected chi connectivity index (χ2v) is 15.9. The van der Waals surface area contributed by atoms with Gasteiger partial charge in [0.05, 0.1) is 23.7 Å².